The molecule has 92 valence electrons. The minimum Gasteiger partial charge on any atom is -0.461 e. The lowest BCUT2D eigenvalue weighted by Gasteiger charge is -2.12. The minimum atomic E-state index is -0.486. The molecule has 1 N–H and O–H groups in total. The molecular weight excluding hydrogens is 222 g/mol. The molecule has 2 rings (SSSR count). The lowest BCUT2D eigenvalue weighted by atomic mass is 10.3. The van der Waals surface area contributed by atoms with Gasteiger partial charge in [-0.3, -0.25) is 9.89 Å². The third-order valence-electron chi connectivity index (χ3n) is 2.69. The van der Waals surface area contributed by atoms with Crippen LogP contribution in [0.5, 0.6) is 0 Å². The molecule has 6 heteroatoms. The van der Waals surface area contributed by atoms with Crippen molar-refractivity contribution in [2.45, 2.75) is 19.8 Å². The van der Waals surface area contributed by atoms with E-state index < -0.39 is 5.97 Å². The quantitative estimate of drug-likeness (QED) is 0.790. The van der Waals surface area contributed by atoms with E-state index in [9.17, 15) is 9.59 Å². The van der Waals surface area contributed by atoms with Crippen molar-refractivity contribution in [3.05, 3.63) is 17.5 Å². The first-order valence-corrected chi connectivity index (χ1v) is 5.74. The molecule has 1 amide bonds. The van der Waals surface area contributed by atoms with Gasteiger partial charge < -0.3 is 9.64 Å². The first kappa shape index (κ1) is 11.6. The highest BCUT2D eigenvalue weighted by atomic mass is 16.5. The summed E-state index contributed by atoms with van der Waals surface area (Å²) in [5.41, 5.74) is 0.490. The number of hydrogen-bond donors (Lipinski definition) is 1. The van der Waals surface area contributed by atoms with E-state index in [-0.39, 0.29) is 17.3 Å². The molecule has 2 heterocycles. The van der Waals surface area contributed by atoms with Crippen LogP contribution in [0.3, 0.4) is 0 Å². The van der Waals surface area contributed by atoms with Gasteiger partial charge in [-0.25, -0.2) is 4.79 Å². The largest absolute Gasteiger partial charge is 0.461 e. The molecule has 1 saturated heterocycles. The normalized spacial score (nSPS) is 15.0. The zero-order valence-corrected chi connectivity index (χ0v) is 9.73. The standard InChI is InChI=1S/C11H15N3O3/c1-2-17-11(16)9-7-8(12-13-9)10(15)14-5-3-4-6-14/h7H,2-6H2,1H3,(H,12,13). The number of carbonyl (C=O) groups excluding carboxylic acids is 2. The van der Waals surface area contributed by atoms with Gasteiger partial charge in [0.05, 0.1) is 6.61 Å². The van der Waals surface area contributed by atoms with Gasteiger partial charge in [-0.1, -0.05) is 0 Å². The predicted molar refractivity (Wildman–Crippen MR) is 59.7 cm³/mol. The van der Waals surface area contributed by atoms with Crippen LogP contribution in [0, 0.1) is 0 Å². The number of esters is 1. The summed E-state index contributed by atoms with van der Waals surface area (Å²) in [7, 11) is 0. The topological polar surface area (TPSA) is 75.3 Å². The monoisotopic (exact) mass is 237 g/mol. The number of H-pyrrole nitrogens is 1. The Morgan fingerprint density at radius 2 is 2.18 bits per heavy atom. The molecule has 0 radical (unpaired) electrons. The van der Waals surface area contributed by atoms with Crippen LogP contribution in [0.25, 0.3) is 0 Å². The maximum atomic E-state index is 11.9. The predicted octanol–water partition coefficient (Wildman–Crippen LogP) is 0.822. The summed E-state index contributed by atoms with van der Waals surface area (Å²) >= 11 is 0. The van der Waals surface area contributed by atoms with E-state index >= 15 is 0 Å². The summed E-state index contributed by atoms with van der Waals surface area (Å²) in [6.45, 7) is 3.55. The number of nitrogens with zero attached hydrogens (tertiary/aromatic N) is 2. The van der Waals surface area contributed by atoms with Crippen LogP contribution in [0.2, 0.25) is 0 Å². The van der Waals surface area contributed by atoms with Crippen molar-refractivity contribution in [2.24, 2.45) is 0 Å². The highest BCUT2D eigenvalue weighted by molar-refractivity contribution is 5.95. The Morgan fingerprint density at radius 3 is 2.82 bits per heavy atom. The second-order valence-electron chi connectivity index (χ2n) is 3.89. The van der Waals surface area contributed by atoms with Gasteiger partial charge in [0.15, 0.2) is 5.69 Å². The molecule has 0 atom stereocenters. The molecule has 1 aromatic rings. The van der Waals surface area contributed by atoms with Crippen LogP contribution < -0.4 is 0 Å². The van der Waals surface area contributed by atoms with E-state index in [0.29, 0.717) is 6.61 Å². The number of likely N-dealkylation sites (tertiary alicyclic amines) is 1. The zero-order chi connectivity index (χ0) is 12.3. The summed E-state index contributed by atoms with van der Waals surface area (Å²) in [5.74, 6) is -0.616. The third kappa shape index (κ3) is 2.46. The van der Waals surface area contributed by atoms with E-state index in [2.05, 4.69) is 10.2 Å². The van der Waals surface area contributed by atoms with Crippen molar-refractivity contribution in [3.63, 3.8) is 0 Å². The average molecular weight is 237 g/mol. The van der Waals surface area contributed by atoms with Crippen LogP contribution >= 0.6 is 0 Å². The van der Waals surface area contributed by atoms with Crippen molar-refractivity contribution in [1.82, 2.24) is 15.1 Å². The van der Waals surface area contributed by atoms with E-state index in [1.807, 2.05) is 0 Å². The SMILES string of the molecule is CCOC(=O)c1cc(C(=O)N2CCCC2)n[nH]1. The number of aromatic amines is 1. The van der Waals surface area contributed by atoms with Gasteiger partial charge in [0, 0.05) is 19.2 Å². The van der Waals surface area contributed by atoms with E-state index in [1.54, 1.807) is 11.8 Å². The number of aromatic nitrogens is 2. The van der Waals surface area contributed by atoms with Crippen molar-refractivity contribution >= 4 is 11.9 Å². The Labute approximate surface area is 98.9 Å². The molecule has 0 aromatic carbocycles. The summed E-state index contributed by atoms with van der Waals surface area (Å²) < 4.78 is 4.81. The number of ether oxygens (including phenoxy) is 1. The summed E-state index contributed by atoms with van der Waals surface area (Å²) in [4.78, 5) is 25.1. The fourth-order valence-electron chi connectivity index (χ4n) is 1.83. The molecule has 0 aliphatic carbocycles. The molecule has 0 saturated carbocycles. The summed E-state index contributed by atoms with van der Waals surface area (Å²) in [6, 6.07) is 1.44. The molecule has 6 nitrogen and oxygen atoms in total. The first-order chi connectivity index (χ1) is 8.22. The Hall–Kier alpha value is -1.85. The second kappa shape index (κ2) is 4.99. The maximum Gasteiger partial charge on any atom is 0.356 e. The number of nitrogens with one attached hydrogen (secondary N) is 1. The summed E-state index contributed by atoms with van der Waals surface area (Å²) in [5, 5.41) is 6.37. The minimum absolute atomic E-state index is 0.130. The van der Waals surface area contributed by atoms with Crippen LogP contribution in [-0.4, -0.2) is 46.7 Å². The zero-order valence-electron chi connectivity index (χ0n) is 9.73. The van der Waals surface area contributed by atoms with E-state index in [4.69, 9.17) is 4.74 Å². The Kier molecular flexibility index (Phi) is 3.41. The van der Waals surface area contributed by atoms with Gasteiger partial charge in [0.25, 0.3) is 5.91 Å². The number of amides is 1. The van der Waals surface area contributed by atoms with Crippen molar-refractivity contribution in [1.29, 1.82) is 0 Å². The van der Waals surface area contributed by atoms with Gasteiger partial charge in [-0.15, -0.1) is 0 Å². The van der Waals surface area contributed by atoms with Gasteiger partial charge in [-0.2, -0.15) is 5.10 Å². The fourth-order valence-corrected chi connectivity index (χ4v) is 1.83. The van der Waals surface area contributed by atoms with Crippen molar-refractivity contribution in [3.8, 4) is 0 Å². The Bertz CT molecular complexity index is 421. The molecule has 0 bridgehead atoms. The molecule has 1 aliphatic heterocycles. The Morgan fingerprint density at radius 1 is 1.47 bits per heavy atom. The van der Waals surface area contributed by atoms with E-state index in [0.717, 1.165) is 25.9 Å². The van der Waals surface area contributed by atoms with Crippen molar-refractivity contribution in [2.75, 3.05) is 19.7 Å². The first-order valence-electron chi connectivity index (χ1n) is 5.74. The van der Waals surface area contributed by atoms with Gasteiger partial charge in [0.2, 0.25) is 0 Å². The lowest BCUT2D eigenvalue weighted by Crippen LogP contribution is -2.27. The lowest BCUT2D eigenvalue weighted by molar-refractivity contribution is 0.0519. The van der Waals surface area contributed by atoms with Gasteiger partial charge in [0.1, 0.15) is 5.69 Å². The molecule has 1 fully saturated rings. The Balaban J connectivity index is 2.07. The number of carbonyl (C=O) groups is 2. The molecule has 1 aromatic heterocycles. The number of rotatable bonds is 3. The van der Waals surface area contributed by atoms with Gasteiger partial charge in [-0.05, 0) is 19.8 Å². The smallest absolute Gasteiger partial charge is 0.356 e. The average Bonchev–Trinajstić information content (AvgIpc) is 3.00. The third-order valence-corrected chi connectivity index (χ3v) is 2.69. The van der Waals surface area contributed by atoms with Crippen LogP contribution in [0.1, 0.15) is 40.7 Å². The van der Waals surface area contributed by atoms with E-state index in [1.165, 1.54) is 6.07 Å². The molecule has 17 heavy (non-hydrogen) atoms. The maximum absolute atomic E-state index is 11.9. The van der Waals surface area contributed by atoms with Crippen molar-refractivity contribution < 1.29 is 14.3 Å². The molecule has 0 unspecified atom stereocenters. The molecule has 1 aliphatic rings. The summed E-state index contributed by atoms with van der Waals surface area (Å²) in [6.07, 6.45) is 2.06. The van der Waals surface area contributed by atoms with Gasteiger partial charge >= 0.3 is 5.97 Å². The van der Waals surface area contributed by atoms with Crippen LogP contribution in [0.4, 0.5) is 0 Å². The van der Waals surface area contributed by atoms with Crippen LogP contribution in [0.15, 0.2) is 6.07 Å². The molecule has 0 spiro atoms. The van der Waals surface area contributed by atoms with Crippen LogP contribution in [-0.2, 0) is 4.74 Å². The fraction of sp³-hybridized carbons (Fsp3) is 0.545. The molecular formula is C11H15N3O3. The highest BCUT2D eigenvalue weighted by Crippen LogP contribution is 2.12. The second-order valence-corrected chi connectivity index (χ2v) is 3.89. The highest BCUT2D eigenvalue weighted by Gasteiger charge is 2.23. The number of hydrogen-bond acceptors (Lipinski definition) is 4.